The van der Waals surface area contributed by atoms with Crippen molar-refractivity contribution in [1.82, 2.24) is 5.32 Å². The van der Waals surface area contributed by atoms with E-state index in [2.05, 4.69) is 17.0 Å². The smallest absolute Gasteiger partial charge is 0.232 e. The minimum atomic E-state index is -3.24. The molecular weight excluding hydrogens is 272 g/mol. The predicted octanol–water partition coefficient (Wildman–Crippen LogP) is 2.97. The molecule has 2 N–H and O–H groups in total. The number of nitrogens with one attached hydrogen (secondary N) is 2. The van der Waals surface area contributed by atoms with Crippen molar-refractivity contribution >= 4 is 15.7 Å². The van der Waals surface area contributed by atoms with E-state index in [4.69, 9.17) is 0 Å². The zero-order valence-electron chi connectivity index (χ0n) is 12.6. The monoisotopic (exact) mass is 298 g/mol. The first-order valence-electron chi connectivity index (χ1n) is 7.23. The van der Waals surface area contributed by atoms with Crippen molar-refractivity contribution in [3.05, 3.63) is 29.8 Å². The van der Waals surface area contributed by atoms with Crippen LogP contribution in [0.1, 0.15) is 39.2 Å². The van der Waals surface area contributed by atoms with Crippen molar-refractivity contribution in [3.63, 3.8) is 0 Å². The molecule has 0 aliphatic rings. The van der Waals surface area contributed by atoms with Gasteiger partial charge in [0.05, 0.1) is 5.75 Å². The molecule has 20 heavy (non-hydrogen) atoms. The molecule has 0 aliphatic carbocycles. The third-order valence-electron chi connectivity index (χ3n) is 2.92. The summed E-state index contributed by atoms with van der Waals surface area (Å²) in [5.74, 6) is 0.555. The number of benzene rings is 1. The first-order valence-corrected chi connectivity index (χ1v) is 8.88. The van der Waals surface area contributed by atoms with Gasteiger partial charge in [0.1, 0.15) is 0 Å². The second kappa shape index (κ2) is 8.27. The van der Waals surface area contributed by atoms with Gasteiger partial charge in [0.2, 0.25) is 10.0 Å². The molecule has 1 rings (SSSR count). The molecule has 0 atom stereocenters. The van der Waals surface area contributed by atoms with Gasteiger partial charge in [-0.2, -0.15) is 0 Å². The molecule has 5 heteroatoms. The van der Waals surface area contributed by atoms with Crippen LogP contribution in [0.5, 0.6) is 0 Å². The fourth-order valence-corrected chi connectivity index (χ4v) is 3.15. The highest BCUT2D eigenvalue weighted by Crippen LogP contribution is 2.13. The van der Waals surface area contributed by atoms with Gasteiger partial charge in [0.25, 0.3) is 0 Å². The average Bonchev–Trinajstić information content (AvgIpc) is 2.37. The van der Waals surface area contributed by atoms with Gasteiger partial charge in [-0.15, -0.1) is 0 Å². The Morgan fingerprint density at radius 3 is 2.65 bits per heavy atom. The lowest BCUT2D eigenvalue weighted by Crippen LogP contribution is -2.18. The van der Waals surface area contributed by atoms with E-state index in [9.17, 15) is 8.42 Å². The van der Waals surface area contributed by atoms with Crippen LogP contribution in [0.2, 0.25) is 0 Å². The Morgan fingerprint density at radius 1 is 1.25 bits per heavy atom. The largest absolute Gasteiger partial charge is 0.313 e. The Bertz CT molecular complexity index is 498. The van der Waals surface area contributed by atoms with Crippen molar-refractivity contribution in [2.24, 2.45) is 5.92 Å². The van der Waals surface area contributed by atoms with E-state index in [-0.39, 0.29) is 5.75 Å². The highest BCUT2D eigenvalue weighted by atomic mass is 32.2. The molecule has 0 fully saturated rings. The Kier molecular flexibility index (Phi) is 7.02. The number of rotatable bonds is 9. The van der Waals surface area contributed by atoms with Gasteiger partial charge >= 0.3 is 0 Å². The van der Waals surface area contributed by atoms with Gasteiger partial charge in [-0.3, -0.25) is 4.72 Å². The van der Waals surface area contributed by atoms with Crippen molar-refractivity contribution in [3.8, 4) is 0 Å². The summed E-state index contributed by atoms with van der Waals surface area (Å²) < 4.78 is 26.5. The van der Waals surface area contributed by atoms with E-state index >= 15 is 0 Å². The lowest BCUT2D eigenvalue weighted by molar-refractivity contribution is 0.578. The summed E-state index contributed by atoms with van der Waals surface area (Å²) in [6, 6.07) is 7.55. The molecule has 114 valence electrons. The lowest BCUT2D eigenvalue weighted by Gasteiger charge is -2.11. The third kappa shape index (κ3) is 6.91. The van der Waals surface area contributed by atoms with Gasteiger partial charge in [0.15, 0.2) is 0 Å². The molecule has 0 amide bonds. The molecule has 0 radical (unpaired) electrons. The van der Waals surface area contributed by atoms with Crippen LogP contribution >= 0.6 is 0 Å². The maximum Gasteiger partial charge on any atom is 0.232 e. The van der Waals surface area contributed by atoms with Crippen LogP contribution in [0.3, 0.4) is 0 Å². The van der Waals surface area contributed by atoms with Crippen molar-refractivity contribution in [2.45, 2.75) is 40.2 Å². The summed E-state index contributed by atoms with van der Waals surface area (Å²) in [6.45, 7) is 7.89. The molecule has 0 aromatic heterocycles. The first-order chi connectivity index (χ1) is 9.43. The quantitative estimate of drug-likeness (QED) is 0.689. The van der Waals surface area contributed by atoms with Gasteiger partial charge in [0, 0.05) is 12.2 Å². The molecule has 0 unspecified atom stereocenters. The second-order valence-corrected chi connectivity index (χ2v) is 7.32. The number of anilines is 1. The molecular formula is C15H26N2O2S. The molecule has 1 aromatic rings. The zero-order chi connectivity index (χ0) is 15.0. The van der Waals surface area contributed by atoms with Crippen LogP contribution in [-0.2, 0) is 16.6 Å². The van der Waals surface area contributed by atoms with E-state index in [0.29, 0.717) is 18.0 Å². The Balaban J connectivity index is 2.60. The second-order valence-electron chi connectivity index (χ2n) is 5.48. The molecule has 1 aromatic carbocycles. The van der Waals surface area contributed by atoms with Crippen LogP contribution in [0, 0.1) is 5.92 Å². The summed E-state index contributed by atoms with van der Waals surface area (Å²) in [5, 5.41) is 3.30. The maximum absolute atomic E-state index is 11.9. The highest BCUT2D eigenvalue weighted by molar-refractivity contribution is 7.92. The van der Waals surface area contributed by atoms with Crippen LogP contribution in [0.25, 0.3) is 0 Å². The number of hydrogen-bond acceptors (Lipinski definition) is 3. The van der Waals surface area contributed by atoms with Crippen molar-refractivity contribution < 1.29 is 8.42 Å². The highest BCUT2D eigenvalue weighted by Gasteiger charge is 2.11. The third-order valence-corrected chi connectivity index (χ3v) is 4.24. The van der Waals surface area contributed by atoms with Gasteiger partial charge in [-0.1, -0.05) is 32.9 Å². The Morgan fingerprint density at radius 2 is 2.00 bits per heavy atom. The minimum absolute atomic E-state index is 0.170. The van der Waals surface area contributed by atoms with Crippen LogP contribution in [0.15, 0.2) is 24.3 Å². The molecule has 0 aliphatic heterocycles. The van der Waals surface area contributed by atoms with Crippen LogP contribution < -0.4 is 10.0 Å². The summed E-state index contributed by atoms with van der Waals surface area (Å²) in [7, 11) is -3.24. The number of hydrogen-bond donors (Lipinski definition) is 2. The average molecular weight is 298 g/mol. The predicted molar refractivity (Wildman–Crippen MR) is 85.3 cm³/mol. The fourth-order valence-electron chi connectivity index (χ4n) is 1.78. The summed E-state index contributed by atoms with van der Waals surface area (Å²) in [6.07, 6.45) is 1.76. The van der Waals surface area contributed by atoms with Crippen LogP contribution in [0.4, 0.5) is 5.69 Å². The van der Waals surface area contributed by atoms with Crippen molar-refractivity contribution in [1.29, 1.82) is 0 Å². The van der Waals surface area contributed by atoms with Gasteiger partial charge in [-0.25, -0.2) is 8.42 Å². The minimum Gasteiger partial charge on any atom is -0.313 e. The van der Waals surface area contributed by atoms with E-state index in [1.807, 2.05) is 32.0 Å². The molecule has 0 spiro atoms. The lowest BCUT2D eigenvalue weighted by atomic mass is 10.2. The van der Waals surface area contributed by atoms with Crippen LogP contribution in [-0.4, -0.2) is 20.7 Å². The fraction of sp³-hybridized carbons (Fsp3) is 0.600. The van der Waals surface area contributed by atoms with E-state index < -0.39 is 10.0 Å². The van der Waals surface area contributed by atoms with Gasteiger partial charge < -0.3 is 5.32 Å². The number of sulfonamides is 1. The summed E-state index contributed by atoms with van der Waals surface area (Å²) in [5.41, 5.74) is 1.73. The maximum atomic E-state index is 11.9. The van der Waals surface area contributed by atoms with E-state index in [0.717, 1.165) is 25.1 Å². The zero-order valence-corrected chi connectivity index (χ0v) is 13.5. The standard InChI is InChI=1S/C15H26N2O2S/c1-4-9-16-12-14-6-5-7-15(11-14)17-20(18,19)10-8-13(2)3/h5-7,11,13,16-17H,4,8-10,12H2,1-3H3. The summed E-state index contributed by atoms with van der Waals surface area (Å²) in [4.78, 5) is 0. The molecule has 0 saturated carbocycles. The van der Waals surface area contributed by atoms with E-state index in [1.165, 1.54) is 0 Å². The normalized spacial score (nSPS) is 11.8. The van der Waals surface area contributed by atoms with Crippen molar-refractivity contribution in [2.75, 3.05) is 17.0 Å². The SMILES string of the molecule is CCCNCc1cccc(NS(=O)(=O)CCC(C)C)c1. The Labute approximate surface area is 123 Å². The summed E-state index contributed by atoms with van der Waals surface area (Å²) >= 11 is 0. The Hall–Kier alpha value is -1.07. The molecule has 0 bridgehead atoms. The van der Waals surface area contributed by atoms with Gasteiger partial charge in [-0.05, 0) is 43.0 Å². The molecule has 4 nitrogen and oxygen atoms in total. The topological polar surface area (TPSA) is 58.2 Å². The molecule has 0 heterocycles. The van der Waals surface area contributed by atoms with E-state index in [1.54, 1.807) is 6.07 Å². The first kappa shape index (κ1) is 17.0. The molecule has 0 saturated heterocycles.